The Bertz CT molecular complexity index is 949. The van der Waals surface area contributed by atoms with Crippen molar-refractivity contribution in [1.29, 1.82) is 0 Å². The molecule has 2 heterocycles. The molecule has 2 N–H and O–H groups in total. The Morgan fingerprint density at radius 3 is 2.77 bits per heavy atom. The predicted octanol–water partition coefficient (Wildman–Crippen LogP) is 4.35. The van der Waals surface area contributed by atoms with Crippen molar-refractivity contribution in [1.82, 2.24) is 15.2 Å². The van der Waals surface area contributed by atoms with Crippen molar-refractivity contribution in [3.8, 4) is 0 Å². The first kappa shape index (κ1) is 17.8. The minimum absolute atomic E-state index is 0.0397. The van der Waals surface area contributed by atoms with E-state index in [9.17, 15) is 23.1 Å². The number of aromatic nitrogens is 3. The summed E-state index contributed by atoms with van der Waals surface area (Å²) in [7, 11) is 0. The fourth-order valence-electron chi connectivity index (χ4n) is 2.00. The smallest absolute Gasteiger partial charge is 0.417 e. The van der Waals surface area contributed by atoms with Gasteiger partial charge in [0.1, 0.15) is 18.3 Å². The number of hydrogen-bond donors (Lipinski definition) is 2. The topological polar surface area (TPSA) is 92.0 Å². The molecule has 0 aliphatic carbocycles. The third-order valence-electron chi connectivity index (χ3n) is 3.19. The van der Waals surface area contributed by atoms with E-state index in [1.165, 1.54) is 24.3 Å². The summed E-state index contributed by atoms with van der Waals surface area (Å²) in [6.45, 7) is 0. The molecule has 134 valence electrons. The monoisotopic (exact) mass is 381 g/mol. The van der Waals surface area contributed by atoms with Gasteiger partial charge in [0.05, 0.1) is 11.1 Å². The molecule has 0 atom stereocenters. The molecule has 1 aromatic carbocycles. The number of aromatic amines is 1. The molecule has 0 spiro atoms. The number of carbonyl (C=O) groups excluding carboxylic acids is 1. The van der Waals surface area contributed by atoms with Crippen molar-refractivity contribution in [2.45, 2.75) is 16.2 Å². The number of carbonyl (C=O) groups is 1. The summed E-state index contributed by atoms with van der Waals surface area (Å²) < 4.78 is 44.2. The van der Waals surface area contributed by atoms with Crippen LogP contribution in [0.5, 0.6) is 0 Å². The second-order valence-corrected chi connectivity index (χ2v) is 6.02. The molecule has 0 saturated heterocycles. The van der Waals surface area contributed by atoms with Gasteiger partial charge in [-0.05, 0) is 12.1 Å². The van der Waals surface area contributed by atoms with Gasteiger partial charge in [0.25, 0.3) is 0 Å². The number of nitrogens with one attached hydrogen (secondary N) is 1. The second kappa shape index (κ2) is 7.08. The van der Waals surface area contributed by atoms with Crippen LogP contribution in [0.3, 0.4) is 0 Å². The van der Waals surface area contributed by atoms with Gasteiger partial charge in [0.2, 0.25) is 5.78 Å². The Hall–Kier alpha value is -3.01. The van der Waals surface area contributed by atoms with Crippen LogP contribution in [0.2, 0.25) is 0 Å². The average Bonchev–Trinajstić information content (AvgIpc) is 3.26. The minimum atomic E-state index is -4.50. The van der Waals surface area contributed by atoms with Crippen LogP contribution in [-0.2, 0) is 6.18 Å². The number of aliphatic hydroxyl groups is 1. The van der Waals surface area contributed by atoms with E-state index in [1.807, 2.05) is 0 Å². The van der Waals surface area contributed by atoms with E-state index in [1.54, 1.807) is 0 Å². The van der Waals surface area contributed by atoms with E-state index in [4.69, 9.17) is 4.42 Å². The lowest BCUT2D eigenvalue weighted by molar-refractivity contribution is -0.139. The molecule has 2 aromatic heterocycles. The highest BCUT2D eigenvalue weighted by Crippen LogP contribution is 2.40. The van der Waals surface area contributed by atoms with Crippen LogP contribution >= 0.6 is 11.8 Å². The number of allylic oxidation sites excluding steroid dienone is 1. The fraction of sp³-hybridized carbons (Fsp3) is 0.0625. The average molecular weight is 381 g/mol. The minimum Gasteiger partial charge on any atom is -0.507 e. The standard InChI is InChI=1S/C16H10F3N3O3S/c17-16(18,19)10-3-1-2-4-13(10)26-14-5-9(7-25-14)11(23)6-12(24)15-20-8-21-22-15/h1-8,23H,(H,20,21,22). The normalized spacial score (nSPS) is 12.3. The SMILES string of the molecule is O=C(C=C(O)c1coc(Sc2ccccc2C(F)(F)F)c1)c1ncn[nH]1. The van der Waals surface area contributed by atoms with E-state index in [-0.39, 0.29) is 21.4 Å². The van der Waals surface area contributed by atoms with Gasteiger partial charge >= 0.3 is 6.18 Å². The highest BCUT2D eigenvalue weighted by atomic mass is 32.2. The maximum Gasteiger partial charge on any atom is 0.417 e. The molecule has 26 heavy (non-hydrogen) atoms. The molecular formula is C16H10F3N3O3S. The van der Waals surface area contributed by atoms with Crippen molar-refractivity contribution in [3.63, 3.8) is 0 Å². The van der Waals surface area contributed by atoms with E-state index < -0.39 is 23.3 Å². The van der Waals surface area contributed by atoms with Gasteiger partial charge in [0.15, 0.2) is 10.9 Å². The number of aliphatic hydroxyl groups excluding tert-OH is 1. The lowest BCUT2D eigenvalue weighted by Gasteiger charge is -2.10. The molecule has 0 fully saturated rings. The molecule has 6 nitrogen and oxygen atoms in total. The largest absolute Gasteiger partial charge is 0.507 e. The van der Waals surface area contributed by atoms with Crippen LogP contribution < -0.4 is 0 Å². The first-order chi connectivity index (χ1) is 12.3. The number of rotatable bonds is 5. The van der Waals surface area contributed by atoms with Crippen LogP contribution in [0.1, 0.15) is 21.7 Å². The molecule has 0 saturated carbocycles. The molecule has 0 aliphatic rings. The second-order valence-electron chi connectivity index (χ2n) is 4.98. The molecule has 0 unspecified atom stereocenters. The molecule has 0 aliphatic heterocycles. The molecule has 3 rings (SSSR count). The van der Waals surface area contributed by atoms with E-state index >= 15 is 0 Å². The lowest BCUT2D eigenvalue weighted by atomic mass is 10.2. The van der Waals surface area contributed by atoms with Gasteiger partial charge in [-0.3, -0.25) is 9.89 Å². The van der Waals surface area contributed by atoms with Gasteiger partial charge in [-0.2, -0.15) is 18.3 Å². The van der Waals surface area contributed by atoms with Gasteiger partial charge in [0, 0.05) is 17.0 Å². The summed E-state index contributed by atoms with van der Waals surface area (Å²) in [5, 5.41) is 16.0. The van der Waals surface area contributed by atoms with Gasteiger partial charge < -0.3 is 9.52 Å². The number of ketones is 1. The Labute approximate surface area is 148 Å². The Kier molecular flexibility index (Phi) is 4.85. The molecule has 10 heteroatoms. The quantitative estimate of drug-likeness (QED) is 0.388. The van der Waals surface area contributed by atoms with E-state index in [2.05, 4.69) is 15.2 Å². The summed E-state index contributed by atoms with van der Waals surface area (Å²) in [6, 6.07) is 6.40. The summed E-state index contributed by atoms with van der Waals surface area (Å²) in [4.78, 5) is 15.4. The van der Waals surface area contributed by atoms with Crippen molar-refractivity contribution in [3.05, 3.63) is 65.9 Å². The summed E-state index contributed by atoms with van der Waals surface area (Å²) >= 11 is 0.758. The third kappa shape index (κ3) is 3.97. The number of hydrogen-bond acceptors (Lipinski definition) is 6. The molecular weight excluding hydrogens is 371 g/mol. The summed E-state index contributed by atoms with van der Waals surface area (Å²) in [5.41, 5.74) is -0.645. The van der Waals surface area contributed by atoms with Crippen LogP contribution in [-0.4, -0.2) is 26.1 Å². The maximum absolute atomic E-state index is 13.0. The maximum atomic E-state index is 13.0. The van der Waals surface area contributed by atoms with Crippen LogP contribution in [0, 0.1) is 0 Å². The highest BCUT2D eigenvalue weighted by molar-refractivity contribution is 7.99. The Balaban J connectivity index is 1.80. The predicted molar refractivity (Wildman–Crippen MR) is 85.6 cm³/mol. The number of halogens is 3. The van der Waals surface area contributed by atoms with Gasteiger partial charge in [-0.25, -0.2) is 4.98 Å². The van der Waals surface area contributed by atoms with Crippen molar-refractivity contribution in [2.75, 3.05) is 0 Å². The fourth-order valence-corrected chi connectivity index (χ4v) is 2.94. The van der Waals surface area contributed by atoms with E-state index in [0.717, 1.165) is 36.5 Å². The number of H-pyrrole nitrogens is 1. The number of nitrogens with zero attached hydrogens (tertiary/aromatic N) is 2. The Morgan fingerprint density at radius 2 is 2.08 bits per heavy atom. The van der Waals surface area contributed by atoms with Crippen LogP contribution in [0.4, 0.5) is 13.2 Å². The zero-order valence-corrected chi connectivity index (χ0v) is 13.6. The zero-order chi connectivity index (χ0) is 18.7. The molecule has 0 bridgehead atoms. The van der Waals surface area contributed by atoms with Crippen LogP contribution in [0.25, 0.3) is 5.76 Å². The zero-order valence-electron chi connectivity index (χ0n) is 12.8. The number of furan rings is 1. The molecule has 0 radical (unpaired) electrons. The molecule has 3 aromatic rings. The molecule has 0 amide bonds. The summed E-state index contributed by atoms with van der Waals surface area (Å²) in [6.07, 6.45) is -1.31. The highest BCUT2D eigenvalue weighted by Gasteiger charge is 2.33. The summed E-state index contributed by atoms with van der Waals surface area (Å²) in [5.74, 6) is -1.09. The third-order valence-corrected chi connectivity index (χ3v) is 4.18. The van der Waals surface area contributed by atoms with Crippen molar-refractivity contribution in [2.24, 2.45) is 0 Å². The van der Waals surface area contributed by atoms with Gasteiger partial charge in [-0.1, -0.05) is 23.9 Å². The van der Waals surface area contributed by atoms with Gasteiger partial charge in [-0.15, -0.1) is 0 Å². The van der Waals surface area contributed by atoms with Crippen LogP contribution in [0.15, 0.2) is 63.4 Å². The van der Waals surface area contributed by atoms with Crippen molar-refractivity contribution >= 4 is 23.3 Å². The van der Waals surface area contributed by atoms with E-state index in [0.29, 0.717) is 0 Å². The number of benzene rings is 1. The first-order valence-corrected chi connectivity index (χ1v) is 7.89. The lowest BCUT2D eigenvalue weighted by Crippen LogP contribution is -2.06. The number of alkyl halides is 3. The van der Waals surface area contributed by atoms with Crippen molar-refractivity contribution < 1.29 is 27.5 Å². The Morgan fingerprint density at radius 1 is 1.31 bits per heavy atom. The first-order valence-electron chi connectivity index (χ1n) is 7.08.